The molecule has 0 saturated carbocycles. The van der Waals surface area contributed by atoms with Crippen molar-refractivity contribution in [3.63, 3.8) is 0 Å². The normalized spacial score (nSPS) is 14.4. The van der Waals surface area contributed by atoms with Gasteiger partial charge in [0, 0.05) is 31.9 Å². The Balaban J connectivity index is 1.27. The summed E-state index contributed by atoms with van der Waals surface area (Å²) in [4.78, 5) is 17.7. The predicted molar refractivity (Wildman–Crippen MR) is 161 cm³/mol. The van der Waals surface area contributed by atoms with Crippen molar-refractivity contribution >= 4 is 29.0 Å². The highest BCUT2D eigenvalue weighted by Crippen LogP contribution is 2.32. The van der Waals surface area contributed by atoms with Crippen LogP contribution in [0.1, 0.15) is 76.3 Å². The van der Waals surface area contributed by atoms with Crippen molar-refractivity contribution in [3.05, 3.63) is 53.6 Å². The number of piperazine rings is 1. The Morgan fingerprint density at radius 1 is 0.892 bits per heavy atom. The first-order valence-electron chi connectivity index (χ1n) is 14.0. The first-order chi connectivity index (χ1) is 17.9. The van der Waals surface area contributed by atoms with Crippen LogP contribution in [0.3, 0.4) is 0 Å². The second-order valence-corrected chi connectivity index (χ2v) is 11.7. The van der Waals surface area contributed by atoms with Gasteiger partial charge in [0.1, 0.15) is 5.75 Å². The number of ether oxygens (including phenoxy) is 1. The van der Waals surface area contributed by atoms with Gasteiger partial charge in [0.2, 0.25) is 5.91 Å². The second kappa shape index (κ2) is 15.3. The lowest BCUT2D eigenvalue weighted by molar-refractivity contribution is -0.113. The van der Waals surface area contributed by atoms with Gasteiger partial charge in [0.15, 0.2) is 0 Å². The first kappa shape index (κ1) is 29.4. The summed E-state index contributed by atoms with van der Waals surface area (Å²) in [5, 5.41) is 3.23. The monoisotopic (exact) mass is 525 g/mol. The van der Waals surface area contributed by atoms with Crippen LogP contribution in [0.5, 0.6) is 5.75 Å². The maximum absolute atomic E-state index is 12.7. The van der Waals surface area contributed by atoms with Crippen LogP contribution in [0, 0.1) is 0 Å². The van der Waals surface area contributed by atoms with Crippen LogP contribution in [0.4, 0.5) is 11.4 Å². The molecule has 5 nitrogen and oxygen atoms in total. The highest BCUT2D eigenvalue weighted by Gasteiger charge is 2.19. The molecule has 0 atom stereocenters. The molecule has 2 aromatic carbocycles. The molecule has 0 aromatic heterocycles. The molecule has 1 aliphatic heterocycles. The predicted octanol–water partition coefficient (Wildman–Crippen LogP) is 7.00. The minimum Gasteiger partial charge on any atom is -0.495 e. The number of rotatable bonds is 14. The van der Waals surface area contributed by atoms with E-state index in [9.17, 15) is 4.79 Å². The number of amides is 1. The first-order valence-corrected chi connectivity index (χ1v) is 15.2. The van der Waals surface area contributed by atoms with Crippen LogP contribution in [-0.2, 0) is 4.79 Å². The Bertz CT molecular complexity index is 944. The van der Waals surface area contributed by atoms with Gasteiger partial charge in [0.25, 0.3) is 0 Å². The molecule has 1 saturated heterocycles. The number of hydrogen-bond donors (Lipinski definition) is 1. The van der Waals surface area contributed by atoms with Crippen LogP contribution < -0.4 is 15.0 Å². The van der Waals surface area contributed by atoms with E-state index >= 15 is 0 Å². The summed E-state index contributed by atoms with van der Waals surface area (Å²) in [5.41, 5.74) is 4.69. The number of methoxy groups -OCH3 is 1. The zero-order valence-electron chi connectivity index (χ0n) is 23.6. The second-order valence-electron chi connectivity index (χ2n) is 10.6. The average Bonchev–Trinajstić information content (AvgIpc) is 2.90. The zero-order chi connectivity index (χ0) is 26.6. The van der Waals surface area contributed by atoms with Gasteiger partial charge in [-0.2, -0.15) is 11.8 Å². The maximum Gasteiger partial charge on any atom is 0.234 e. The number of thioether (sulfide) groups is 1. The Morgan fingerprint density at radius 3 is 2.19 bits per heavy atom. The molecule has 0 spiro atoms. The van der Waals surface area contributed by atoms with E-state index in [1.165, 1.54) is 49.0 Å². The van der Waals surface area contributed by atoms with Crippen molar-refractivity contribution in [1.82, 2.24) is 4.90 Å². The topological polar surface area (TPSA) is 44.8 Å². The Labute approximate surface area is 229 Å². The summed E-state index contributed by atoms with van der Waals surface area (Å²) < 4.78 is 5.53. The van der Waals surface area contributed by atoms with E-state index in [4.69, 9.17) is 4.74 Å². The van der Waals surface area contributed by atoms with E-state index in [0.717, 1.165) is 43.4 Å². The fraction of sp³-hybridized carbons (Fsp3) is 0.581. The van der Waals surface area contributed by atoms with E-state index in [1.807, 2.05) is 12.1 Å². The molecule has 37 heavy (non-hydrogen) atoms. The molecule has 1 aliphatic rings. The minimum absolute atomic E-state index is 0.118. The lowest BCUT2D eigenvalue weighted by atomic mass is 9.92. The van der Waals surface area contributed by atoms with Crippen molar-refractivity contribution in [2.75, 3.05) is 61.6 Å². The van der Waals surface area contributed by atoms with Crippen molar-refractivity contribution in [2.24, 2.45) is 0 Å². The lowest BCUT2D eigenvalue weighted by Gasteiger charge is -2.36. The van der Waals surface area contributed by atoms with E-state index < -0.39 is 0 Å². The van der Waals surface area contributed by atoms with Crippen molar-refractivity contribution in [1.29, 1.82) is 0 Å². The molecular formula is C31H47N3O2S. The van der Waals surface area contributed by atoms with E-state index in [1.54, 1.807) is 18.9 Å². The summed E-state index contributed by atoms with van der Waals surface area (Å²) >= 11 is 1.76. The van der Waals surface area contributed by atoms with Gasteiger partial charge in [-0.3, -0.25) is 9.69 Å². The molecule has 0 aliphatic carbocycles. The van der Waals surface area contributed by atoms with Gasteiger partial charge < -0.3 is 15.0 Å². The Hall–Kier alpha value is -2.18. The number of nitrogens with one attached hydrogen (secondary N) is 1. The van der Waals surface area contributed by atoms with Crippen LogP contribution in [0.2, 0.25) is 0 Å². The van der Waals surface area contributed by atoms with Gasteiger partial charge >= 0.3 is 0 Å². The summed E-state index contributed by atoms with van der Waals surface area (Å²) in [6.07, 6.45) is 4.94. The fourth-order valence-electron chi connectivity index (χ4n) is 5.03. The van der Waals surface area contributed by atoms with Crippen LogP contribution >= 0.6 is 11.8 Å². The number of unbranched alkanes of at least 4 members (excludes halogenated alkanes) is 3. The number of benzene rings is 2. The Kier molecular flexibility index (Phi) is 12.1. The van der Waals surface area contributed by atoms with Crippen LogP contribution in [-0.4, -0.2) is 62.1 Å². The molecule has 2 aromatic rings. The molecule has 0 radical (unpaired) electrons. The molecule has 1 heterocycles. The quantitative estimate of drug-likeness (QED) is 0.269. The van der Waals surface area contributed by atoms with Crippen molar-refractivity contribution in [2.45, 2.75) is 65.2 Å². The highest BCUT2D eigenvalue weighted by molar-refractivity contribution is 7.99. The number of para-hydroxylation sites is 3. The smallest absolute Gasteiger partial charge is 0.234 e. The van der Waals surface area contributed by atoms with Gasteiger partial charge in [-0.1, -0.05) is 70.9 Å². The third kappa shape index (κ3) is 8.96. The lowest BCUT2D eigenvalue weighted by Crippen LogP contribution is -2.46. The van der Waals surface area contributed by atoms with E-state index in [2.05, 4.69) is 73.1 Å². The summed E-state index contributed by atoms with van der Waals surface area (Å²) in [6.45, 7) is 14.3. The average molecular weight is 526 g/mol. The van der Waals surface area contributed by atoms with E-state index in [-0.39, 0.29) is 5.91 Å². The summed E-state index contributed by atoms with van der Waals surface area (Å²) in [6, 6.07) is 14.7. The molecule has 6 heteroatoms. The standard InChI is InChI=1S/C31H47N3O2S/c1-24(2)26-13-12-14-27(25(3)4)31(26)32-30(35)23-37-22-11-7-6-10-17-33-18-20-34(21-19-33)28-15-8-9-16-29(28)36-5/h8-9,12-16,24-25H,6-7,10-11,17-23H2,1-5H3,(H,32,35). The fourth-order valence-corrected chi connectivity index (χ4v) is 5.84. The zero-order valence-corrected chi connectivity index (χ0v) is 24.4. The molecule has 204 valence electrons. The number of anilines is 2. The van der Waals surface area contributed by atoms with Crippen molar-refractivity contribution < 1.29 is 9.53 Å². The number of nitrogens with zero attached hydrogens (tertiary/aromatic N) is 2. The van der Waals surface area contributed by atoms with Gasteiger partial charge in [0.05, 0.1) is 18.6 Å². The van der Waals surface area contributed by atoms with Gasteiger partial charge in [-0.25, -0.2) is 0 Å². The number of hydrogen-bond acceptors (Lipinski definition) is 5. The van der Waals surface area contributed by atoms with Crippen LogP contribution in [0.25, 0.3) is 0 Å². The molecular weight excluding hydrogens is 478 g/mol. The largest absolute Gasteiger partial charge is 0.495 e. The number of carbonyl (C=O) groups excluding carboxylic acids is 1. The molecule has 0 bridgehead atoms. The SMILES string of the molecule is COc1ccccc1N1CCN(CCCCCCSCC(=O)Nc2c(C(C)C)cccc2C(C)C)CC1. The van der Waals surface area contributed by atoms with Crippen molar-refractivity contribution in [3.8, 4) is 5.75 Å². The molecule has 1 N–H and O–H groups in total. The Morgan fingerprint density at radius 2 is 1.54 bits per heavy atom. The molecule has 1 fully saturated rings. The van der Waals surface area contributed by atoms with Gasteiger partial charge in [-0.15, -0.1) is 0 Å². The van der Waals surface area contributed by atoms with Crippen LogP contribution in [0.15, 0.2) is 42.5 Å². The highest BCUT2D eigenvalue weighted by atomic mass is 32.2. The molecule has 0 unspecified atom stereocenters. The summed E-state index contributed by atoms with van der Waals surface area (Å²) in [7, 11) is 1.75. The van der Waals surface area contributed by atoms with E-state index in [0.29, 0.717) is 17.6 Å². The molecule has 1 amide bonds. The molecule has 3 rings (SSSR count). The third-order valence-corrected chi connectivity index (χ3v) is 8.23. The third-order valence-electron chi connectivity index (χ3n) is 7.18. The summed E-state index contributed by atoms with van der Waals surface area (Å²) in [5.74, 6) is 3.43. The van der Waals surface area contributed by atoms with Gasteiger partial charge in [-0.05, 0) is 60.2 Å². The minimum atomic E-state index is 0.118. The maximum atomic E-state index is 12.7. The number of carbonyl (C=O) groups is 1.